The average Bonchev–Trinajstić information content (AvgIpc) is 3.03. The summed E-state index contributed by atoms with van der Waals surface area (Å²) in [4.78, 5) is 1.96. The summed E-state index contributed by atoms with van der Waals surface area (Å²) in [5, 5.41) is 10.1. The fourth-order valence-electron chi connectivity index (χ4n) is 3.67. The molecule has 2 N–H and O–H groups in total. The number of nitrogens with one attached hydrogen (secondary N) is 1. The van der Waals surface area contributed by atoms with Crippen LogP contribution in [0.4, 0.5) is 24.5 Å². The van der Waals surface area contributed by atoms with Gasteiger partial charge in [-0.1, -0.05) is 0 Å². The molecule has 0 spiro atoms. The summed E-state index contributed by atoms with van der Waals surface area (Å²) in [6.45, 7) is 0.638. The number of hydrogen-bond donors (Lipinski definition) is 2. The highest BCUT2D eigenvalue weighted by molar-refractivity contribution is 7.92. The smallest absolute Gasteiger partial charge is 0.374 e. The van der Waals surface area contributed by atoms with Crippen molar-refractivity contribution >= 4 is 21.4 Å². The van der Waals surface area contributed by atoms with Crippen LogP contribution in [0, 0.1) is 0 Å². The molecule has 0 amide bonds. The fraction of sp³-hybridized carbons (Fsp3) is 0.333. The molecule has 2 aromatic carbocycles. The Kier molecular flexibility index (Phi) is 4.12. The lowest BCUT2D eigenvalue weighted by atomic mass is 9.99. The summed E-state index contributed by atoms with van der Waals surface area (Å²) >= 11 is 0. The molecule has 0 radical (unpaired) electrons. The van der Waals surface area contributed by atoms with Crippen molar-refractivity contribution in [2.24, 2.45) is 0 Å². The van der Waals surface area contributed by atoms with E-state index in [1.807, 2.05) is 4.90 Å². The molecule has 27 heavy (non-hydrogen) atoms. The number of sulfonamides is 1. The summed E-state index contributed by atoms with van der Waals surface area (Å²) in [7, 11) is -3.94. The highest BCUT2D eigenvalue weighted by Gasteiger charge is 2.33. The van der Waals surface area contributed by atoms with Gasteiger partial charge in [0.1, 0.15) is 6.23 Å². The minimum atomic E-state index is -4.48. The summed E-state index contributed by atoms with van der Waals surface area (Å²) < 4.78 is 65.7. The maximum absolute atomic E-state index is 12.7. The third kappa shape index (κ3) is 3.25. The molecule has 1 unspecified atom stereocenters. The Labute approximate surface area is 154 Å². The van der Waals surface area contributed by atoms with Gasteiger partial charge >= 0.3 is 6.18 Å². The molecule has 2 aliphatic rings. The van der Waals surface area contributed by atoms with Crippen LogP contribution in [0.2, 0.25) is 0 Å². The Balaban J connectivity index is 1.64. The summed E-state index contributed by atoms with van der Waals surface area (Å²) in [5.41, 5.74) is 1.85. The molecular formula is C18H17F3N2O3S. The lowest BCUT2D eigenvalue weighted by Gasteiger charge is -2.32. The van der Waals surface area contributed by atoms with Crippen LogP contribution in [0.15, 0.2) is 41.3 Å². The van der Waals surface area contributed by atoms with Gasteiger partial charge in [-0.25, -0.2) is 8.42 Å². The first-order valence-electron chi connectivity index (χ1n) is 8.46. The van der Waals surface area contributed by atoms with E-state index in [9.17, 15) is 26.7 Å². The van der Waals surface area contributed by atoms with Crippen LogP contribution in [0.3, 0.4) is 0 Å². The van der Waals surface area contributed by atoms with Gasteiger partial charge in [-0.05, 0) is 66.8 Å². The number of rotatable bonds is 3. The number of aliphatic hydroxyl groups excluding tert-OH is 1. The van der Waals surface area contributed by atoms with Gasteiger partial charge in [-0.3, -0.25) is 4.72 Å². The Hall–Kier alpha value is -2.26. The quantitative estimate of drug-likeness (QED) is 0.834. The first kappa shape index (κ1) is 18.1. The van der Waals surface area contributed by atoms with Crippen molar-refractivity contribution in [2.45, 2.75) is 36.6 Å². The third-order valence-corrected chi connectivity index (χ3v) is 6.32. The Morgan fingerprint density at radius 2 is 1.70 bits per heavy atom. The van der Waals surface area contributed by atoms with Crippen LogP contribution in [-0.2, 0) is 29.0 Å². The zero-order valence-corrected chi connectivity index (χ0v) is 14.9. The number of aryl methyl sites for hydroxylation is 1. The third-order valence-electron chi connectivity index (χ3n) is 4.96. The van der Waals surface area contributed by atoms with Crippen molar-refractivity contribution in [1.29, 1.82) is 0 Å². The van der Waals surface area contributed by atoms with E-state index < -0.39 is 28.0 Å². The normalized spacial score (nSPS) is 19.1. The van der Waals surface area contributed by atoms with Crippen molar-refractivity contribution < 1.29 is 26.7 Å². The van der Waals surface area contributed by atoms with E-state index in [0.717, 1.165) is 41.1 Å². The minimum Gasteiger partial charge on any atom is -0.374 e. The van der Waals surface area contributed by atoms with E-state index in [2.05, 4.69) is 4.72 Å². The Bertz CT molecular complexity index is 988. The van der Waals surface area contributed by atoms with Gasteiger partial charge in [0.2, 0.25) is 0 Å². The van der Waals surface area contributed by atoms with Crippen molar-refractivity contribution in [1.82, 2.24) is 0 Å². The van der Waals surface area contributed by atoms with Crippen LogP contribution in [0.1, 0.15) is 23.1 Å². The van der Waals surface area contributed by atoms with Crippen molar-refractivity contribution in [3.63, 3.8) is 0 Å². The summed E-state index contributed by atoms with van der Waals surface area (Å²) in [5.74, 6) is 0. The zero-order chi connectivity index (χ0) is 19.4. The topological polar surface area (TPSA) is 69.6 Å². The molecule has 144 valence electrons. The second-order valence-corrected chi connectivity index (χ2v) is 8.42. The maximum atomic E-state index is 12.7. The Morgan fingerprint density at radius 1 is 1.07 bits per heavy atom. The number of halogens is 3. The minimum absolute atomic E-state index is 0.0641. The van der Waals surface area contributed by atoms with Crippen LogP contribution in [0.5, 0.6) is 0 Å². The number of alkyl halides is 3. The molecule has 0 aromatic heterocycles. The molecule has 1 atom stereocenters. The fourth-order valence-corrected chi connectivity index (χ4v) is 4.82. The van der Waals surface area contributed by atoms with Crippen molar-refractivity contribution in [2.75, 3.05) is 16.2 Å². The largest absolute Gasteiger partial charge is 0.416 e. The molecule has 0 saturated carbocycles. The molecule has 0 aliphatic carbocycles. The number of anilines is 2. The first-order chi connectivity index (χ1) is 12.6. The van der Waals surface area contributed by atoms with E-state index in [4.69, 9.17) is 0 Å². The van der Waals surface area contributed by atoms with Crippen molar-refractivity contribution in [3.05, 3.63) is 53.1 Å². The number of hydrogen-bond acceptors (Lipinski definition) is 4. The van der Waals surface area contributed by atoms with Gasteiger partial charge in [-0.2, -0.15) is 13.2 Å². The van der Waals surface area contributed by atoms with Crippen LogP contribution in [-0.4, -0.2) is 26.3 Å². The van der Waals surface area contributed by atoms with Gasteiger partial charge < -0.3 is 10.0 Å². The molecule has 2 aliphatic heterocycles. The summed E-state index contributed by atoms with van der Waals surface area (Å²) in [6.07, 6.45) is -3.28. The molecule has 2 aromatic rings. The van der Waals surface area contributed by atoms with Crippen molar-refractivity contribution in [3.8, 4) is 0 Å². The second kappa shape index (κ2) is 6.13. The first-order valence-corrected chi connectivity index (χ1v) is 9.94. The van der Waals surface area contributed by atoms with E-state index in [1.165, 1.54) is 0 Å². The molecule has 0 bridgehead atoms. The lowest BCUT2D eigenvalue weighted by molar-refractivity contribution is -0.137. The molecule has 2 heterocycles. The highest BCUT2D eigenvalue weighted by atomic mass is 32.2. The van der Waals surface area contributed by atoms with E-state index in [-0.39, 0.29) is 10.6 Å². The van der Waals surface area contributed by atoms with Gasteiger partial charge in [0.05, 0.1) is 10.5 Å². The molecule has 0 saturated heterocycles. The Morgan fingerprint density at radius 3 is 2.33 bits per heavy atom. The average molecular weight is 398 g/mol. The van der Waals surface area contributed by atoms with Crippen LogP contribution in [0.25, 0.3) is 0 Å². The lowest BCUT2D eigenvalue weighted by Crippen LogP contribution is -2.37. The monoisotopic (exact) mass is 398 g/mol. The molecule has 4 rings (SSSR count). The second-order valence-electron chi connectivity index (χ2n) is 6.73. The standard InChI is InChI=1S/C18H17F3N2O3S/c19-18(20,21)13-2-4-14(5-3-13)22-27(25,26)15-9-11-1-6-16(24)23-8-7-12(10-15)17(11)23/h2-5,9-10,16,22,24H,1,6-8H2. The molecular weight excluding hydrogens is 381 g/mol. The van der Waals surface area contributed by atoms with Gasteiger partial charge in [0.25, 0.3) is 10.0 Å². The van der Waals surface area contributed by atoms with E-state index in [0.29, 0.717) is 25.8 Å². The predicted molar refractivity (Wildman–Crippen MR) is 94.1 cm³/mol. The highest BCUT2D eigenvalue weighted by Crippen LogP contribution is 2.40. The predicted octanol–water partition coefficient (Wildman–Crippen LogP) is 3.13. The summed E-state index contributed by atoms with van der Waals surface area (Å²) in [6, 6.07) is 7.01. The van der Waals surface area contributed by atoms with Crippen LogP contribution >= 0.6 is 0 Å². The zero-order valence-electron chi connectivity index (χ0n) is 14.1. The van der Waals surface area contributed by atoms with E-state index >= 15 is 0 Å². The number of benzene rings is 2. The van der Waals surface area contributed by atoms with E-state index in [1.54, 1.807) is 12.1 Å². The van der Waals surface area contributed by atoms with Gasteiger partial charge in [0, 0.05) is 17.9 Å². The molecule has 5 nitrogen and oxygen atoms in total. The van der Waals surface area contributed by atoms with Gasteiger partial charge in [0.15, 0.2) is 0 Å². The molecule has 0 fully saturated rings. The SMILES string of the molecule is O=S(=O)(Nc1ccc(C(F)(F)F)cc1)c1cc2c3c(c1)CCN3C(O)CC2. The molecule has 9 heteroatoms. The number of nitrogens with zero attached hydrogens (tertiary/aromatic N) is 1. The van der Waals surface area contributed by atoms with Gasteiger partial charge in [-0.15, -0.1) is 0 Å². The number of aliphatic hydroxyl groups is 1. The van der Waals surface area contributed by atoms with Crippen LogP contribution < -0.4 is 9.62 Å². The maximum Gasteiger partial charge on any atom is 0.416 e.